The predicted molar refractivity (Wildman–Crippen MR) is 57.5 cm³/mol. The molecule has 0 saturated carbocycles. The largest absolute Gasteiger partial charge is 0.245 e. The molecule has 0 aromatic carbocycles. The lowest BCUT2D eigenvalue weighted by Gasteiger charge is -2.57. The molecule has 3 unspecified atom stereocenters. The van der Waals surface area contributed by atoms with E-state index in [1.807, 2.05) is 0 Å². The molecular formula is C11H24N2. The molecule has 1 aliphatic heterocycles. The molecule has 0 amide bonds. The van der Waals surface area contributed by atoms with Gasteiger partial charge in [-0.15, -0.1) is 0 Å². The molecule has 13 heavy (non-hydrogen) atoms. The van der Waals surface area contributed by atoms with Crippen LogP contribution in [0.3, 0.4) is 0 Å². The first kappa shape index (κ1) is 11.0. The van der Waals surface area contributed by atoms with Crippen LogP contribution in [0.2, 0.25) is 0 Å². The minimum Gasteiger partial charge on any atom is -0.245 e. The third-order valence-corrected chi connectivity index (χ3v) is 3.61. The first-order valence-corrected chi connectivity index (χ1v) is 5.66. The standard InChI is InChI=1S/C11H24N2/c1-6-10-9(4)13(11(10)7-2)12(5)8-3/h9-11H,6-8H2,1-5H3. The summed E-state index contributed by atoms with van der Waals surface area (Å²) in [5, 5.41) is 4.92. The summed E-state index contributed by atoms with van der Waals surface area (Å²) in [5.41, 5.74) is 0. The van der Waals surface area contributed by atoms with Crippen molar-refractivity contribution in [3.8, 4) is 0 Å². The Morgan fingerprint density at radius 2 is 1.77 bits per heavy atom. The topological polar surface area (TPSA) is 6.48 Å². The predicted octanol–water partition coefficient (Wildman–Crippen LogP) is 2.36. The normalized spacial score (nSPS) is 35.1. The number of nitrogens with zero attached hydrogens (tertiary/aromatic N) is 2. The van der Waals surface area contributed by atoms with Crippen LogP contribution in [0, 0.1) is 5.92 Å². The molecule has 0 aromatic heterocycles. The second kappa shape index (κ2) is 4.43. The molecule has 0 bridgehead atoms. The molecule has 2 heteroatoms. The first-order valence-electron chi connectivity index (χ1n) is 5.66. The highest BCUT2D eigenvalue weighted by Crippen LogP contribution is 2.37. The lowest BCUT2D eigenvalue weighted by molar-refractivity contribution is -0.183. The SMILES string of the molecule is CCC1C(C)N(N(C)CC)C1CC. The van der Waals surface area contributed by atoms with Gasteiger partial charge in [0.15, 0.2) is 0 Å². The van der Waals surface area contributed by atoms with Crippen LogP contribution in [0.15, 0.2) is 0 Å². The van der Waals surface area contributed by atoms with Gasteiger partial charge in [-0.3, -0.25) is 0 Å². The van der Waals surface area contributed by atoms with Gasteiger partial charge in [0.25, 0.3) is 0 Å². The zero-order valence-electron chi connectivity index (χ0n) is 9.75. The fraction of sp³-hybridized carbons (Fsp3) is 1.00. The average Bonchev–Trinajstić information content (AvgIpc) is 2.14. The Labute approximate surface area is 82.9 Å². The molecule has 0 aromatic rings. The maximum Gasteiger partial charge on any atom is 0.0289 e. The minimum atomic E-state index is 0.750. The Balaban J connectivity index is 2.56. The summed E-state index contributed by atoms with van der Waals surface area (Å²) >= 11 is 0. The van der Waals surface area contributed by atoms with E-state index in [1.165, 1.54) is 12.8 Å². The van der Waals surface area contributed by atoms with Crippen LogP contribution in [0.4, 0.5) is 0 Å². The molecule has 2 nitrogen and oxygen atoms in total. The van der Waals surface area contributed by atoms with Crippen molar-refractivity contribution in [2.75, 3.05) is 13.6 Å². The molecule has 0 N–H and O–H groups in total. The molecule has 1 heterocycles. The lowest BCUT2D eigenvalue weighted by atomic mass is 9.79. The van der Waals surface area contributed by atoms with Gasteiger partial charge in [0, 0.05) is 25.7 Å². The highest BCUT2D eigenvalue weighted by molar-refractivity contribution is 4.95. The average molecular weight is 184 g/mol. The number of hydrazine groups is 1. The molecule has 1 fully saturated rings. The molecule has 78 valence electrons. The van der Waals surface area contributed by atoms with Crippen molar-refractivity contribution >= 4 is 0 Å². The van der Waals surface area contributed by atoms with Crippen molar-refractivity contribution in [3.63, 3.8) is 0 Å². The van der Waals surface area contributed by atoms with Crippen molar-refractivity contribution in [2.24, 2.45) is 5.92 Å². The fourth-order valence-corrected chi connectivity index (χ4v) is 2.74. The zero-order chi connectivity index (χ0) is 10.0. The van der Waals surface area contributed by atoms with Gasteiger partial charge in [0.1, 0.15) is 0 Å². The molecular weight excluding hydrogens is 160 g/mol. The smallest absolute Gasteiger partial charge is 0.0289 e. The Morgan fingerprint density at radius 1 is 1.15 bits per heavy atom. The number of rotatable bonds is 4. The fourth-order valence-electron chi connectivity index (χ4n) is 2.74. The molecule has 1 saturated heterocycles. The summed E-state index contributed by atoms with van der Waals surface area (Å²) in [6.45, 7) is 10.3. The number of hydrogen-bond acceptors (Lipinski definition) is 2. The van der Waals surface area contributed by atoms with E-state index >= 15 is 0 Å². The summed E-state index contributed by atoms with van der Waals surface area (Å²) in [6, 6.07) is 1.55. The highest BCUT2D eigenvalue weighted by atomic mass is 15.7. The van der Waals surface area contributed by atoms with E-state index in [1.54, 1.807) is 0 Å². The molecule has 3 atom stereocenters. The van der Waals surface area contributed by atoms with Crippen molar-refractivity contribution in [3.05, 3.63) is 0 Å². The van der Waals surface area contributed by atoms with Gasteiger partial charge in [-0.2, -0.15) is 0 Å². The van der Waals surface area contributed by atoms with Crippen LogP contribution in [-0.2, 0) is 0 Å². The number of hydrogen-bond donors (Lipinski definition) is 0. The Kier molecular flexibility index (Phi) is 3.74. The first-order chi connectivity index (χ1) is 6.17. The van der Waals surface area contributed by atoms with Gasteiger partial charge in [-0.25, -0.2) is 10.0 Å². The summed E-state index contributed by atoms with van der Waals surface area (Å²) in [5.74, 6) is 0.916. The maximum absolute atomic E-state index is 2.55. The van der Waals surface area contributed by atoms with Crippen LogP contribution in [0.5, 0.6) is 0 Å². The Bertz CT molecular complexity index is 158. The van der Waals surface area contributed by atoms with Gasteiger partial charge in [0.05, 0.1) is 0 Å². The molecule has 0 radical (unpaired) electrons. The molecule has 1 rings (SSSR count). The van der Waals surface area contributed by atoms with Crippen LogP contribution < -0.4 is 0 Å². The Hall–Kier alpha value is -0.0800. The summed E-state index contributed by atoms with van der Waals surface area (Å²) in [4.78, 5) is 0. The van der Waals surface area contributed by atoms with Gasteiger partial charge in [-0.1, -0.05) is 27.2 Å². The van der Waals surface area contributed by atoms with E-state index in [0.29, 0.717) is 0 Å². The monoisotopic (exact) mass is 184 g/mol. The van der Waals surface area contributed by atoms with Crippen molar-refractivity contribution in [1.29, 1.82) is 0 Å². The van der Waals surface area contributed by atoms with E-state index in [9.17, 15) is 0 Å². The second-order valence-corrected chi connectivity index (χ2v) is 4.14. The maximum atomic E-state index is 2.55. The van der Waals surface area contributed by atoms with Gasteiger partial charge in [-0.05, 0) is 19.3 Å². The van der Waals surface area contributed by atoms with E-state index in [-0.39, 0.29) is 0 Å². The summed E-state index contributed by atoms with van der Waals surface area (Å²) < 4.78 is 0. The third kappa shape index (κ3) is 1.75. The second-order valence-electron chi connectivity index (χ2n) is 4.14. The van der Waals surface area contributed by atoms with E-state index in [2.05, 4.69) is 44.8 Å². The molecule has 1 aliphatic rings. The van der Waals surface area contributed by atoms with E-state index < -0.39 is 0 Å². The lowest BCUT2D eigenvalue weighted by Crippen LogP contribution is -2.67. The Morgan fingerprint density at radius 3 is 2.15 bits per heavy atom. The van der Waals surface area contributed by atoms with Crippen molar-refractivity contribution < 1.29 is 0 Å². The minimum absolute atomic E-state index is 0.750. The van der Waals surface area contributed by atoms with Crippen LogP contribution in [0.25, 0.3) is 0 Å². The summed E-state index contributed by atoms with van der Waals surface area (Å²) in [6.07, 6.45) is 2.61. The summed E-state index contributed by atoms with van der Waals surface area (Å²) in [7, 11) is 2.20. The highest BCUT2D eigenvalue weighted by Gasteiger charge is 2.44. The quantitative estimate of drug-likeness (QED) is 0.662. The van der Waals surface area contributed by atoms with Crippen LogP contribution in [0.1, 0.15) is 40.5 Å². The molecule has 0 aliphatic carbocycles. The van der Waals surface area contributed by atoms with Crippen molar-refractivity contribution in [1.82, 2.24) is 10.0 Å². The zero-order valence-corrected chi connectivity index (χ0v) is 9.75. The van der Waals surface area contributed by atoms with E-state index in [0.717, 1.165) is 24.5 Å². The van der Waals surface area contributed by atoms with Gasteiger partial charge >= 0.3 is 0 Å². The van der Waals surface area contributed by atoms with E-state index in [4.69, 9.17) is 0 Å². The van der Waals surface area contributed by atoms with Gasteiger partial charge < -0.3 is 0 Å². The molecule has 0 spiro atoms. The van der Waals surface area contributed by atoms with Gasteiger partial charge in [0.2, 0.25) is 0 Å². The van der Waals surface area contributed by atoms with Crippen LogP contribution in [-0.4, -0.2) is 35.7 Å². The van der Waals surface area contributed by atoms with Crippen molar-refractivity contribution in [2.45, 2.75) is 52.6 Å². The third-order valence-electron chi connectivity index (χ3n) is 3.61. The van der Waals surface area contributed by atoms with Crippen LogP contribution >= 0.6 is 0 Å².